The lowest BCUT2D eigenvalue weighted by atomic mass is 9.69. The molecule has 3 rings (SSSR count). The molecule has 0 saturated heterocycles. The van der Waals surface area contributed by atoms with Gasteiger partial charge < -0.3 is 9.84 Å². The van der Waals surface area contributed by atoms with Crippen LogP contribution in [-0.2, 0) is 5.41 Å². The molecule has 0 radical (unpaired) electrons. The van der Waals surface area contributed by atoms with Gasteiger partial charge in [-0.05, 0) is 37.5 Å². The van der Waals surface area contributed by atoms with Gasteiger partial charge in [0.25, 0.3) is 0 Å². The maximum Gasteiger partial charge on any atom is 0.135 e. The molecule has 3 atom stereocenters. The van der Waals surface area contributed by atoms with Crippen molar-refractivity contribution in [2.75, 3.05) is 6.61 Å². The van der Waals surface area contributed by atoms with Crippen LogP contribution >= 0.6 is 15.9 Å². The third-order valence-corrected chi connectivity index (χ3v) is 6.12. The first-order valence-electron chi connectivity index (χ1n) is 6.53. The van der Waals surface area contributed by atoms with Gasteiger partial charge in [-0.3, -0.25) is 0 Å². The van der Waals surface area contributed by atoms with Crippen molar-refractivity contribution in [2.45, 2.75) is 44.6 Å². The lowest BCUT2D eigenvalue weighted by molar-refractivity contribution is -0.0395. The van der Waals surface area contributed by atoms with E-state index in [1.807, 2.05) is 0 Å². The molecule has 18 heavy (non-hydrogen) atoms. The summed E-state index contributed by atoms with van der Waals surface area (Å²) in [4.78, 5) is 0. The number of hydrogen-bond donors (Lipinski definition) is 1. The number of rotatable bonds is 1. The molecule has 3 heteroatoms. The molecule has 0 aromatic heterocycles. The first-order valence-corrected chi connectivity index (χ1v) is 7.33. The van der Waals surface area contributed by atoms with Crippen molar-refractivity contribution in [3.8, 4) is 5.75 Å². The highest BCUT2D eigenvalue weighted by Crippen LogP contribution is 2.58. The van der Waals surface area contributed by atoms with E-state index in [-0.39, 0.29) is 17.6 Å². The Hall–Kier alpha value is -0.540. The molecule has 1 aliphatic heterocycles. The summed E-state index contributed by atoms with van der Waals surface area (Å²) >= 11 is 3.61. The Balaban J connectivity index is 2.22. The Morgan fingerprint density at radius 2 is 2.17 bits per heavy atom. The highest BCUT2D eigenvalue weighted by atomic mass is 79.9. The lowest BCUT2D eigenvalue weighted by Crippen LogP contribution is -2.50. The Bertz CT molecular complexity index is 513. The molecule has 98 valence electrons. The summed E-state index contributed by atoms with van der Waals surface area (Å²) in [6.07, 6.45) is 2.02. The largest absolute Gasteiger partial charge is 0.484 e. The molecule has 1 N–H and O–H groups in total. The van der Waals surface area contributed by atoms with Gasteiger partial charge in [-0.15, -0.1) is 0 Å². The number of ether oxygens (including phenoxy) is 1. The van der Waals surface area contributed by atoms with Gasteiger partial charge in [0.1, 0.15) is 11.4 Å². The highest BCUT2D eigenvalue weighted by molar-refractivity contribution is 9.10. The second-order valence-corrected chi connectivity index (χ2v) is 6.92. The van der Waals surface area contributed by atoms with Gasteiger partial charge in [0, 0.05) is 21.4 Å². The van der Waals surface area contributed by atoms with E-state index in [9.17, 15) is 5.11 Å². The molecule has 1 fully saturated rings. The van der Waals surface area contributed by atoms with Crippen LogP contribution in [0, 0.1) is 12.8 Å². The van der Waals surface area contributed by atoms with E-state index >= 15 is 0 Å². The quantitative estimate of drug-likeness (QED) is 0.859. The van der Waals surface area contributed by atoms with Crippen LogP contribution in [-0.4, -0.2) is 17.3 Å². The van der Waals surface area contributed by atoms with Crippen LogP contribution in [0.25, 0.3) is 0 Å². The van der Waals surface area contributed by atoms with Gasteiger partial charge >= 0.3 is 0 Å². The minimum atomic E-state index is -0.373. The molecular weight excluding hydrogens is 292 g/mol. The molecular formula is C15H19BrO2. The fourth-order valence-corrected chi connectivity index (χ4v) is 3.99. The fraction of sp³-hybridized carbons (Fsp3) is 0.600. The van der Waals surface area contributed by atoms with Crippen LogP contribution in [0.2, 0.25) is 0 Å². The summed E-state index contributed by atoms with van der Waals surface area (Å²) in [5.74, 6) is 1.31. The number of aliphatic hydroxyl groups is 1. The van der Waals surface area contributed by atoms with Crippen LogP contribution in [0.1, 0.15) is 37.8 Å². The molecule has 1 aliphatic carbocycles. The monoisotopic (exact) mass is 310 g/mol. The SMILES string of the molecule is Cc1cc2c(cc1Br)[C@]1(C)CC[C@](CO)(O2)[C@@H]1C. The summed E-state index contributed by atoms with van der Waals surface area (Å²) in [5.41, 5.74) is 2.21. The maximum absolute atomic E-state index is 9.77. The highest BCUT2D eigenvalue weighted by Gasteiger charge is 2.58. The van der Waals surface area contributed by atoms with Crippen molar-refractivity contribution in [3.05, 3.63) is 27.7 Å². The van der Waals surface area contributed by atoms with Crippen molar-refractivity contribution in [1.82, 2.24) is 0 Å². The fourth-order valence-electron chi connectivity index (χ4n) is 3.65. The molecule has 1 saturated carbocycles. The van der Waals surface area contributed by atoms with E-state index in [1.54, 1.807) is 0 Å². The third kappa shape index (κ3) is 1.38. The third-order valence-electron chi connectivity index (χ3n) is 5.27. The van der Waals surface area contributed by atoms with Gasteiger partial charge in [0.15, 0.2) is 0 Å². The Labute approximate surface area is 116 Å². The number of aryl methyl sites for hydroxylation is 1. The summed E-state index contributed by atoms with van der Waals surface area (Å²) in [7, 11) is 0. The lowest BCUT2D eigenvalue weighted by Gasteiger charge is -2.44. The van der Waals surface area contributed by atoms with Crippen LogP contribution in [0.15, 0.2) is 16.6 Å². The van der Waals surface area contributed by atoms with E-state index in [1.165, 1.54) is 11.1 Å². The summed E-state index contributed by atoms with van der Waals surface area (Å²) in [6.45, 7) is 6.69. The van der Waals surface area contributed by atoms with E-state index < -0.39 is 0 Å². The molecule has 0 spiro atoms. The van der Waals surface area contributed by atoms with Gasteiger partial charge in [-0.1, -0.05) is 29.8 Å². The molecule has 0 unspecified atom stereocenters. The molecule has 2 nitrogen and oxygen atoms in total. The number of aliphatic hydroxyl groups excluding tert-OH is 1. The second kappa shape index (κ2) is 3.73. The zero-order chi connectivity index (χ0) is 13.1. The summed E-state index contributed by atoms with van der Waals surface area (Å²) in [5, 5.41) is 9.77. The topological polar surface area (TPSA) is 29.5 Å². The summed E-state index contributed by atoms with van der Waals surface area (Å²) in [6, 6.07) is 4.30. The Morgan fingerprint density at radius 3 is 2.83 bits per heavy atom. The molecule has 1 aromatic rings. The number of hydrogen-bond acceptors (Lipinski definition) is 2. The van der Waals surface area contributed by atoms with Crippen LogP contribution in [0.5, 0.6) is 5.75 Å². The first-order chi connectivity index (χ1) is 8.43. The average molecular weight is 311 g/mol. The number of benzene rings is 1. The molecule has 1 aromatic carbocycles. The molecule has 0 amide bonds. The minimum absolute atomic E-state index is 0.109. The molecule has 1 heterocycles. The molecule has 2 aliphatic rings. The van der Waals surface area contributed by atoms with Crippen molar-refractivity contribution in [1.29, 1.82) is 0 Å². The van der Waals surface area contributed by atoms with Crippen molar-refractivity contribution in [2.24, 2.45) is 5.92 Å². The number of halogens is 1. The van der Waals surface area contributed by atoms with E-state index in [0.29, 0.717) is 5.92 Å². The summed E-state index contributed by atoms with van der Waals surface area (Å²) < 4.78 is 7.34. The predicted molar refractivity (Wildman–Crippen MR) is 75.1 cm³/mol. The first kappa shape index (κ1) is 12.5. The van der Waals surface area contributed by atoms with Crippen LogP contribution in [0.4, 0.5) is 0 Å². The van der Waals surface area contributed by atoms with Crippen LogP contribution in [0.3, 0.4) is 0 Å². The smallest absolute Gasteiger partial charge is 0.135 e. The predicted octanol–water partition coefficient (Wildman–Crippen LogP) is 3.57. The van der Waals surface area contributed by atoms with Gasteiger partial charge in [0.05, 0.1) is 6.61 Å². The van der Waals surface area contributed by atoms with Crippen LogP contribution < -0.4 is 4.74 Å². The maximum atomic E-state index is 9.77. The van der Waals surface area contributed by atoms with E-state index in [4.69, 9.17) is 4.74 Å². The van der Waals surface area contributed by atoms with Crippen molar-refractivity contribution in [3.63, 3.8) is 0 Å². The zero-order valence-corrected chi connectivity index (χ0v) is 12.7. The standard InChI is InChI=1S/C15H19BrO2/c1-9-6-13-11(7-12(9)16)14(3)4-5-15(8-17,18-13)10(14)2/h6-7,10,17H,4-5,8H2,1-3H3/t10-,14-,15-/m1/s1. The minimum Gasteiger partial charge on any atom is -0.484 e. The van der Waals surface area contributed by atoms with E-state index in [0.717, 1.165) is 23.1 Å². The van der Waals surface area contributed by atoms with Gasteiger partial charge in [0.2, 0.25) is 0 Å². The van der Waals surface area contributed by atoms with Crippen molar-refractivity contribution < 1.29 is 9.84 Å². The average Bonchev–Trinajstić information content (AvgIpc) is 2.52. The second-order valence-electron chi connectivity index (χ2n) is 6.06. The Kier molecular flexibility index (Phi) is 2.59. The number of fused-ring (bicyclic) bond motifs is 4. The van der Waals surface area contributed by atoms with E-state index in [2.05, 4.69) is 48.8 Å². The normalized spacial score (nSPS) is 37.3. The Morgan fingerprint density at radius 1 is 1.44 bits per heavy atom. The molecule has 2 bridgehead atoms. The zero-order valence-electron chi connectivity index (χ0n) is 11.1. The van der Waals surface area contributed by atoms with Gasteiger partial charge in [-0.2, -0.15) is 0 Å². The van der Waals surface area contributed by atoms with Crippen molar-refractivity contribution >= 4 is 15.9 Å². The van der Waals surface area contributed by atoms with Gasteiger partial charge in [-0.25, -0.2) is 0 Å².